The van der Waals surface area contributed by atoms with E-state index in [9.17, 15) is 9.59 Å². The van der Waals surface area contributed by atoms with Gasteiger partial charge in [-0.15, -0.1) is 0 Å². The van der Waals surface area contributed by atoms with Crippen molar-refractivity contribution < 1.29 is 19.1 Å². The number of ether oxygens (including phenoxy) is 2. The summed E-state index contributed by atoms with van der Waals surface area (Å²) in [5.74, 6) is -0.942. The van der Waals surface area contributed by atoms with Gasteiger partial charge in [0, 0.05) is 0 Å². The Hall–Kier alpha value is -0.840. The molecular weight excluding hydrogens is 279 g/mol. The summed E-state index contributed by atoms with van der Waals surface area (Å²) in [4.78, 5) is 23.9. The molecule has 0 unspecified atom stereocenters. The van der Waals surface area contributed by atoms with Crippen LogP contribution in [0.2, 0.25) is 0 Å². The van der Waals surface area contributed by atoms with Crippen molar-refractivity contribution >= 4 is 41.5 Å². The molecule has 1 aromatic carbocycles. The molecule has 0 spiro atoms. The minimum atomic E-state index is -0.471. The molecule has 0 radical (unpaired) electrons. The Morgan fingerprint density at radius 3 is 1.57 bits per heavy atom. The fraction of sp³-hybridized carbons (Fsp3) is 0.500. The third-order valence-corrected chi connectivity index (χ3v) is 2.83. The second kappa shape index (κ2) is 11.8. The van der Waals surface area contributed by atoms with Crippen molar-refractivity contribution in [3.8, 4) is 0 Å². The number of carbonyl (C=O) groups excluding carboxylic acids is 2. The summed E-state index contributed by atoms with van der Waals surface area (Å²) in [7, 11) is 0. The van der Waals surface area contributed by atoms with E-state index >= 15 is 0 Å². The minimum absolute atomic E-state index is 0. The van der Waals surface area contributed by atoms with Crippen LogP contribution in [-0.2, 0) is 9.47 Å². The first kappa shape index (κ1) is 20.2. The number of hydrogen-bond donors (Lipinski definition) is 0. The van der Waals surface area contributed by atoms with E-state index < -0.39 is 11.9 Å². The fourth-order valence-corrected chi connectivity index (χ4v) is 1.61. The summed E-state index contributed by atoms with van der Waals surface area (Å²) < 4.78 is 10.3. The third-order valence-electron chi connectivity index (χ3n) is 2.83. The van der Waals surface area contributed by atoms with Crippen molar-refractivity contribution in [2.75, 3.05) is 13.2 Å². The van der Waals surface area contributed by atoms with Crippen LogP contribution in [0, 0.1) is 0 Å². The van der Waals surface area contributed by atoms with Gasteiger partial charge in [0.1, 0.15) is 0 Å². The Morgan fingerprint density at radius 1 is 0.857 bits per heavy atom. The summed E-state index contributed by atoms with van der Waals surface area (Å²) in [6.45, 7) is 4.78. The monoisotopic (exact) mass is 302 g/mol. The number of rotatable bonds is 8. The molecule has 21 heavy (non-hydrogen) atoms. The standard InChI is InChI=1S/C16H22O4.Na.H/c1-3-5-11-19-15(17)13-9-7-8-10-14(13)16(18)20-12-6-4-2;;/h7-10H,3-6,11-12H2,1-2H3;;. The van der Waals surface area contributed by atoms with Crippen LogP contribution in [0.15, 0.2) is 24.3 Å². The Kier molecular flexibility index (Phi) is 11.3. The molecular formula is C16H23NaO4. The SMILES string of the molecule is CCCCOC(=O)c1ccccc1C(=O)OCCCC.[NaH]. The maximum atomic E-state index is 11.9. The first-order valence-corrected chi connectivity index (χ1v) is 7.14. The third kappa shape index (κ3) is 7.11. The number of benzene rings is 1. The fourth-order valence-electron chi connectivity index (χ4n) is 1.61. The molecule has 0 N–H and O–H groups in total. The Morgan fingerprint density at radius 2 is 1.24 bits per heavy atom. The van der Waals surface area contributed by atoms with E-state index in [0.29, 0.717) is 13.2 Å². The normalized spacial score (nSPS) is 9.62. The van der Waals surface area contributed by atoms with Gasteiger partial charge in [-0.05, 0) is 25.0 Å². The molecule has 0 saturated heterocycles. The van der Waals surface area contributed by atoms with Gasteiger partial charge in [-0.2, -0.15) is 0 Å². The van der Waals surface area contributed by atoms with E-state index in [4.69, 9.17) is 9.47 Å². The van der Waals surface area contributed by atoms with Gasteiger partial charge in [0.15, 0.2) is 0 Å². The molecule has 0 atom stereocenters. The van der Waals surface area contributed by atoms with Gasteiger partial charge in [-0.25, -0.2) is 9.59 Å². The molecule has 0 aliphatic rings. The number of carbonyl (C=O) groups is 2. The van der Waals surface area contributed by atoms with Crippen LogP contribution >= 0.6 is 0 Å². The van der Waals surface area contributed by atoms with Crippen LogP contribution in [-0.4, -0.2) is 54.7 Å². The topological polar surface area (TPSA) is 52.6 Å². The molecule has 0 fully saturated rings. The molecule has 0 aromatic heterocycles. The molecule has 0 saturated carbocycles. The van der Waals surface area contributed by atoms with E-state index in [1.165, 1.54) is 0 Å². The van der Waals surface area contributed by atoms with E-state index in [0.717, 1.165) is 25.7 Å². The van der Waals surface area contributed by atoms with Crippen LogP contribution in [0.4, 0.5) is 0 Å². The van der Waals surface area contributed by atoms with Gasteiger partial charge >= 0.3 is 41.5 Å². The summed E-state index contributed by atoms with van der Waals surface area (Å²) in [6.07, 6.45) is 3.53. The van der Waals surface area contributed by atoms with Crippen molar-refractivity contribution in [1.82, 2.24) is 0 Å². The summed E-state index contributed by atoms with van der Waals surface area (Å²) in [5, 5.41) is 0. The average Bonchev–Trinajstić information content (AvgIpc) is 2.47. The number of esters is 2. The number of unbranched alkanes of at least 4 members (excludes halogenated alkanes) is 2. The van der Waals surface area contributed by atoms with Crippen LogP contribution in [0.1, 0.15) is 60.2 Å². The summed E-state index contributed by atoms with van der Waals surface area (Å²) in [6, 6.07) is 6.59. The second-order valence-corrected chi connectivity index (χ2v) is 4.52. The molecule has 4 nitrogen and oxygen atoms in total. The maximum absolute atomic E-state index is 11.9. The zero-order valence-corrected chi connectivity index (χ0v) is 12.2. The molecule has 0 aliphatic heterocycles. The predicted molar refractivity (Wildman–Crippen MR) is 84.0 cm³/mol. The van der Waals surface area contributed by atoms with Crippen molar-refractivity contribution in [1.29, 1.82) is 0 Å². The van der Waals surface area contributed by atoms with Gasteiger partial charge in [-0.1, -0.05) is 38.8 Å². The second-order valence-electron chi connectivity index (χ2n) is 4.52. The van der Waals surface area contributed by atoms with E-state index in [2.05, 4.69) is 0 Å². The zero-order chi connectivity index (χ0) is 14.8. The molecule has 0 bridgehead atoms. The van der Waals surface area contributed by atoms with Crippen molar-refractivity contribution in [3.63, 3.8) is 0 Å². The molecule has 1 rings (SSSR count). The van der Waals surface area contributed by atoms with Crippen LogP contribution in [0.3, 0.4) is 0 Å². The van der Waals surface area contributed by atoms with Crippen LogP contribution in [0.5, 0.6) is 0 Å². The van der Waals surface area contributed by atoms with Crippen LogP contribution in [0.25, 0.3) is 0 Å². The quantitative estimate of drug-likeness (QED) is 0.421. The van der Waals surface area contributed by atoms with Crippen molar-refractivity contribution in [2.45, 2.75) is 39.5 Å². The van der Waals surface area contributed by atoms with Gasteiger partial charge in [0.2, 0.25) is 0 Å². The predicted octanol–water partition coefficient (Wildman–Crippen LogP) is 2.95. The van der Waals surface area contributed by atoms with E-state index in [1.54, 1.807) is 24.3 Å². The van der Waals surface area contributed by atoms with Gasteiger partial charge < -0.3 is 9.47 Å². The average molecular weight is 302 g/mol. The Labute approximate surface area is 148 Å². The Bertz CT molecular complexity index is 405. The molecule has 0 heterocycles. The van der Waals surface area contributed by atoms with Gasteiger partial charge in [-0.3, -0.25) is 0 Å². The van der Waals surface area contributed by atoms with Gasteiger partial charge in [0.25, 0.3) is 0 Å². The molecule has 0 aliphatic carbocycles. The van der Waals surface area contributed by atoms with Crippen molar-refractivity contribution in [3.05, 3.63) is 35.4 Å². The molecule has 5 heteroatoms. The summed E-state index contributed by atoms with van der Waals surface area (Å²) in [5.41, 5.74) is 0.537. The zero-order valence-electron chi connectivity index (χ0n) is 12.2. The summed E-state index contributed by atoms with van der Waals surface area (Å²) >= 11 is 0. The van der Waals surface area contributed by atoms with Gasteiger partial charge in [0.05, 0.1) is 24.3 Å². The van der Waals surface area contributed by atoms with Crippen molar-refractivity contribution in [2.24, 2.45) is 0 Å². The first-order valence-electron chi connectivity index (χ1n) is 7.14. The number of hydrogen-bond acceptors (Lipinski definition) is 4. The van der Waals surface area contributed by atoms with Crippen LogP contribution < -0.4 is 0 Å². The Balaban J connectivity index is 0.00000400. The first-order chi connectivity index (χ1) is 9.70. The molecule has 112 valence electrons. The molecule has 0 amide bonds. The van der Waals surface area contributed by atoms with E-state index in [-0.39, 0.29) is 40.7 Å². The molecule has 1 aromatic rings. The van der Waals surface area contributed by atoms with E-state index in [1.807, 2.05) is 13.8 Å².